The minimum atomic E-state index is -0.466. The SMILES string of the molecule is O=[N+]([O-])c1ccc(-c2c3nc(c(-c4ccc([N+](=O)[O-])cc4)c4ccc(nc(-c5ccc([N+](=O)[O-])cc5)c5ccc([nH]5)c5nc2C=C5)[nH]4)C=C3)cc1. The first-order valence-electron chi connectivity index (χ1n) is 15.5. The predicted octanol–water partition coefficient (Wildman–Crippen LogP) is 8.78. The number of nitro benzene ring substituents is 3. The molecule has 0 saturated carbocycles. The molecule has 0 atom stereocenters. The van der Waals surface area contributed by atoms with Gasteiger partial charge in [0.05, 0.1) is 54.3 Å². The lowest BCUT2D eigenvalue weighted by Crippen LogP contribution is -1.92. The zero-order chi connectivity index (χ0) is 35.2. The van der Waals surface area contributed by atoms with Crippen molar-refractivity contribution in [3.63, 3.8) is 0 Å². The average molecular weight is 675 g/mol. The molecule has 0 saturated heterocycles. The Bertz CT molecular complexity index is 2660. The summed E-state index contributed by atoms with van der Waals surface area (Å²) < 4.78 is 0. The highest BCUT2D eigenvalue weighted by molar-refractivity contribution is 5.95. The van der Waals surface area contributed by atoms with E-state index in [0.717, 1.165) is 0 Å². The highest BCUT2D eigenvalue weighted by Crippen LogP contribution is 2.36. The second kappa shape index (κ2) is 12.1. The lowest BCUT2D eigenvalue weighted by Gasteiger charge is -2.06. The first-order valence-corrected chi connectivity index (χ1v) is 15.5. The highest BCUT2D eigenvalue weighted by atomic mass is 16.6. The molecule has 246 valence electrons. The molecule has 2 N–H and O–H groups in total. The normalized spacial score (nSPS) is 11.8. The monoisotopic (exact) mass is 674 g/mol. The van der Waals surface area contributed by atoms with Crippen LogP contribution in [-0.4, -0.2) is 39.7 Å². The second-order valence-corrected chi connectivity index (χ2v) is 11.6. The molecule has 0 unspecified atom stereocenters. The lowest BCUT2D eigenvalue weighted by molar-refractivity contribution is -0.385. The van der Waals surface area contributed by atoms with Crippen molar-refractivity contribution in [2.75, 3.05) is 0 Å². The van der Waals surface area contributed by atoms with Gasteiger partial charge in [0.15, 0.2) is 0 Å². The topological polar surface area (TPSA) is 200 Å². The number of hydrogen-bond acceptors (Lipinski definition) is 9. The molecule has 5 heterocycles. The summed E-state index contributed by atoms with van der Waals surface area (Å²) >= 11 is 0. The molecule has 0 spiro atoms. The number of rotatable bonds is 6. The number of nitrogens with one attached hydrogen (secondary N) is 2. The summed E-state index contributed by atoms with van der Waals surface area (Å²) in [6, 6.07) is 25.8. The van der Waals surface area contributed by atoms with Crippen LogP contribution in [0.25, 0.3) is 80.0 Å². The summed E-state index contributed by atoms with van der Waals surface area (Å²) in [7, 11) is 0. The van der Waals surface area contributed by atoms with Crippen molar-refractivity contribution in [3.8, 4) is 33.5 Å². The number of H-pyrrole nitrogens is 2. The maximum Gasteiger partial charge on any atom is 0.269 e. The van der Waals surface area contributed by atoms with Gasteiger partial charge in [0.25, 0.3) is 17.1 Å². The van der Waals surface area contributed by atoms with Gasteiger partial charge in [-0.3, -0.25) is 30.3 Å². The van der Waals surface area contributed by atoms with Crippen LogP contribution in [0.2, 0.25) is 0 Å². The van der Waals surface area contributed by atoms with Gasteiger partial charge < -0.3 is 9.97 Å². The third kappa shape index (κ3) is 5.67. The third-order valence-electron chi connectivity index (χ3n) is 8.52. The number of aromatic nitrogens is 5. The van der Waals surface area contributed by atoms with Crippen LogP contribution in [-0.2, 0) is 0 Å². The van der Waals surface area contributed by atoms with Crippen molar-refractivity contribution in [1.82, 2.24) is 24.9 Å². The van der Waals surface area contributed by atoms with E-state index in [4.69, 9.17) is 15.0 Å². The molecule has 6 aromatic rings. The number of nitrogens with zero attached hydrogens (tertiary/aromatic N) is 6. The van der Waals surface area contributed by atoms with Gasteiger partial charge in [-0.05, 0) is 96.1 Å². The van der Waals surface area contributed by atoms with Crippen molar-refractivity contribution < 1.29 is 14.8 Å². The largest absolute Gasteiger partial charge is 0.352 e. The smallest absolute Gasteiger partial charge is 0.269 e. The molecule has 8 bridgehead atoms. The van der Waals surface area contributed by atoms with Crippen molar-refractivity contribution >= 4 is 63.6 Å². The summed E-state index contributed by atoms with van der Waals surface area (Å²) in [5.41, 5.74) is 8.29. The first-order chi connectivity index (χ1) is 24.7. The van der Waals surface area contributed by atoms with Crippen LogP contribution in [0.15, 0.2) is 97.1 Å². The Kier molecular flexibility index (Phi) is 7.30. The van der Waals surface area contributed by atoms with Gasteiger partial charge in [-0.25, -0.2) is 15.0 Å². The van der Waals surface area contributed by atoms with Crippen LogP contribution < -0.4 is 0 Å². The van der Waals surface area contributed by atoms with Gasteiger partial charge in [-0.2, -0.15) is 0 Å². The Morgan fingerprint density at radius 1 is 0.412 bits per heavy atom. The highest BCUT2D eigenvalue weighted by Gasteiger charge is 2.19. The van der Waals surface area contributed by atoms with Crippen molar-refractivity contribution in [3.05, 3.63) is 150 Å². The fourth-order valence-corrected chi connectivity index (χ4v) is 6.08. The maximum absolute atomic E-state index is 11.5. The minimum Gasteiger partial charge on any atom is -0.352 e. The molecule has 51 heavy (non-hydrogen) atoms. The third-order valence-corrected chi connectivity index (χ3v) is 8.52. The molecule has 0 aliphatic carbocycles. The number of aromatic amines is 2. The Morgan fingerprint density at radius 3 is 1.39 bits per heavy atom. The number of nitro groups is 3. The molecule has 8 rings (SSSR count). The quantitative estimate of drug-likeness (QED) is 0.128. The van der Waals surface area contributed by atoms with Gasteiger partial charge in [0.2, 0.25) is 0 Å². The van der Waals surface area contributed by atoms with E-state index in [0.29, 0.717) is 78.5 Å². The van der Waals surface area contributed by atoms with Crippen LogP contribution in [0, 0.1) is 30.3 Å². The summed E-state index contributed by atoms with van der Waals surface area (Å²) in [6.07, 6.45) is 7.38. The fraction of sp³-hybridized carbons (Fsp3) is 0. The second-order valence-electron chi connectivity index (χ2n) is 11.6. The number of benzene rings is 3. The molecule has 0 radical (unpaired) electrons. The lowest BCUT2D eigenvalue weighted by atomic mass is 10.0. The Labute approximate surface area is 286 Å². The predicted molar refractivity (Wildman–Crippen MR) is 193 cm³/mol. The molecule has 14 heteroatoms. The summed E-state index contributed by atoms with van der Waals surface area (Å²) in [5.74, 6) is 0. The molecular formula is C37H22N8O6. The fourth-order valence-electron chi connectivity index (χ4n) is 6.08. The van der Waals surface area contributed by atoms with Crippen LogP contribution in [0.4, 0.5) is 17.1 Å². The van der Waals surface area contributed by atoms with E-state index < -0.39 is 14.8 Å². The van der Waals surface area contributed by atoms with Gasteiger partial charge in [-0.15, -0.1) is 0 Å². The Hall–Kier alpha value is -7.61. The molecule has 14 nitrogen and oxygen atoms in total. The van der Waals surface area contributed by atoms with Crippen molar-refractivity contribution in [2.45, 2.75) is 0 Å². The van der Waals surface area contributed by atoms with E-state index >= 15 is 0 Å². The summed E-state index contributed by atoms with van der Waals surface area (Å²) in [4.78, 5) is 54.6. The zero-order valence-corrected chi connectivity index (χ0v) is 26.2. The van der Waals surface area contributed by atoms with Crippen LogP contribution in [0.5, 0.6) is 0 Å². The van der Waals surface area contributed by atoms with Crippen molar-refractivity contribution in [1.29, 1.82) is 0 Å². The minimum absolute atomic E-state index is 0.0550. The molecular weight excluding hydrogens is 652 g/mol. The summed E-state index contributed by atoms with van der Waals surface area (Å²) in [6.45, 7) is 0. The van der Waals surface area contributed by atoms with E-state index in [1.807, 2.05) is 42.5 Å². The molecule has 3 aromatic carbocycles. The Morgan fingerprint density at radius 2 is 0.843 bits per heavy atom. The average Bonchev–Trinajstić information content (AvgIpc) is 3.97. The van der Waals surface area contributed by atoms with Crippen molar-refractivity contribution in [2.24, 2.45) is 0 Å². The molecule has 2 aliphatic heterocycles. The van der Waals surface area contributed by atoms with Crippen LogP contribution in [0.3, 0.4) is 0 Å². The van der Waals surface area contributed by atoms with E-state index in [2.05, 4.69) is 9.97 Å². The van der Waals surface area contributed by atoms with Gasteiger partial charge in [0.1, 0.15) is 5.65 Å². The number of hydrogen-bond donors (Lipinski definition) is 2. The number of fused-ring (bicyclic) bond motifs is 9. The van der Waals surface area contributed by atoms with Crippen LogP contribution in [0.1, 0.15) is 22.8 Å². The van der Waals surface area contributed by atoms with Gasteiger partial charge in [-0.1, -0.05) is 0 Å². The number of non-ortho nitro benzene ring substituents is 3. The first kappa shape index (κ1) is 30.7. The molecule has 2 aliphatic rings. The van der Waals surface area contributed by atoms with E-state index in [-0.39, 0.29) is 17.1 Å². The standard InChI is InChI=1S/C37H22N8O6/c46-43(47)24-7-1-21(2-8-24)35-29-15-13-27(38-29)28-14-18-33(39-28)37(23-5-11-26(12-6-23)45(50)51)42-34-20-19-32(41-34)36(31-17-16-30(35)40-31)22-3-9-25(10-4-22)44(48)49/h1-20,39H,(H,41,42). The molecule has 0 amide bonds. The van der Waals surface area contributed by atoms with E-state index in [9.17, 15) is 30.3 Å². The molecule has 0 fully saturated rings. The zero-order valence-electron chi connectivity index (χ0n) is 26.2. The van der Waals surface area contributed by atoms with E-state index in [1.54, 1.807) is 42.5 Å². The maximum atomic E-state index is 11.5. The van der Waals surface area contributed by atoms with Crippen LogP contribution >= 0.6 is 0 Å². The molecule has 3 aromatic heterocycles. The Balaban J connectivity index is 1.47. The van der Waals surface area contributed by atoms with E-state index in [1.165, 1.54) is 36.4 Å². The van der Waals surface area contributed by atoms with Gasteiger partial charge >= 0.3 is 0 Å². The van der Waals surface area contributed by atoms with Gasteiger partial charge in [0, 0.05) is 58.6 Å². The summed E-state index contributed by atoms with van der Waals surface area (Å²) in [5, 5.41) is 34.3.